The number of hydrogen-bond acceptors (Lipinski definition) is 7. The number of sulfonamides is 1. The normalized spacial score (nSPS) is 23.6. The molecule has 0 aliphatic carbocycles. The molecule has 0 spiro atoms. The van der Waals surface area contributed by atoms with Gasteiger partial charge in [0.15, 0.2) is 4.90 Å². The molecule has 1 saturated heterocycles. The molecule has 1 heterocycles. The van der Waals surface area contributed by atoms with Crippen LogP contribution < -0.4 is 5.32 Å². The maximum Gasteiger partial charge on any atom is 0.325 e. The summed E-state index contributed by atoms with van der Waals surface area (Å²) < 4.78 is 31.8. The lowest BCUT2D eigenvalue weighted by molar-refractivity contribution is -0.387. The highest BCUT2D eigenvalue weighted by Gasteiger charge is 2.69. The summed E-state index contributed by atoms with van der Waals surface area (Å²) in [7, 11) is -4.45. The monoisotopic (exact) mass is 423 g/mol. The molecule has 1 fully saturated rings. The van der Waals surface area contributed by atoms with Gasteiger partial charge in [-0.2, -0.15) is 4.31 Å². The summed E-state index contributed by atoms with van der Waals surface area (Å²) in [6.07, 6.45) is 5.44. The van der Waals surface area contributed by atoms with Gasteiger partial charge in [-0.3, -0.25) is 19.7 Å². The third-order valence-corrected chi connectivity index (χ3v) is 6.13. The van der Waals surface area contributed by atoms with Crippen LogP contribution in [-0.4, -0.2) is 53.2 Å². The van der Waals surface area contributed by atoms with E-state index >= 15 is 0 Å². The highest BCUT2D eigenvalue weighted by molar-refractivity contribution is 7.89. The number of nitro benzene ring substituents is 1. The van der Waals surface area contributed by atoms with Gasteiger partial charge in [0.1, 0.15) is 23.7 Å². The number of esters is 1. The van der Waals surface area contributed by atoms with Gasteiger partial charge in [-0.1, -0.05) is 18.1 Å². The van der Waals surface area contributed by atoms with Gasteiger partial charge in [0.05, 0.1) is 4.92 Å². The number of terminal acetylenes is 1. The van der Waals surface area contributed by atoms with Crippen molar-refractivity contribution >= 4 is 27.6 Å². The van der Waals surface area contributed by atoms with Crippen molar-refractivity contribution in [2.45, 2.75) is 49.8 Å². The number of nitrogens with one attached hydrogen (secondary N) is 1. The van der Waals surface area contributed by atoms with Gasteiger partial charge in [-0.05, 0) is 33.8 Å². The Morgan fingerprint density at radius 3 is 2.48 bits per heavy atom. The van der Waals surface area contributed by atoms with Crippen LogP contribution in [0.2, 0.25) is 0 Å². The maximum absolute atomic E-state index is 13.0. The smallest absolute Gasteiger partial charge is 0.325 e. The van der Waals surface area contributed by atoms with Gasteiger partial charge < -0.3 is 10.1 Å². The number of benzene rings is 1. The quantitative estimate of drug-likeness (QED) is 0.235. The van der Waals surface area contributed by atoms with Crippen LogP contribution in [0.5, 0.6) is 0 Å². The Hall–Kier alpha value is -2.97. The predicted octanol–water partition coefficient (Wildman–Crippen LogP) is 0.818. The Morgan fingerprint density at radius 1 is 1.38 bits per heavy atom. The van der Waals surface area contributed by atoms with Crippen molar-refractivity contribution in [1.82, 2.24) is 9.62 Å². The van der Waals surface area contributed by atoms with E-state index in [0.29, 0.717) is 4.31 Å². The number of rotatable bonds is 6. The molecular weight excluding hydrogens is 402 g/mol. The van der Waals surface area contributed by atoms with Crippen LogP contribution in [-0.2, 0) is 24.3 Å². The summed E-state index contributed by atoms with van der Waals surface area (Å²) in [5.74, 6) is 0.733. The molecule has 0 radical (unpaired) electrons. The van der Waals surface area contributed by atoms with Crippen LogP contribution >= 0.6 is 0 Å². The summed E-state index contributed by atoms with van der Waals surface area (Å²) in [5.41, 5.74) is -2.91. The van der Waals surface area contributed by atoms with Gasteiger partial charge in [0, 0.05) is 6.07 Å². The lowest BCUT2D eigenvalue weighted by Crippen LogP contribution is -2.38. The fourth-order valence-electron chi connectivity index (χ4n) is 2.82. The average Bonchev–Trinajstić information content (AvgIpc) is 3.26. The van der Waals surface area contributed by atoms with E-state index < -0.39 is 61.1 Å². The molecule has 1 unspecified atom stereocenters. The molecule has 11 heteroatoms. The minimum absolute atomic E-state index is 0.480. The molecule has 3 atom stereocenters. The highest BCUT2D eigenvalue weighted by atomic mass is 32.2. The van der Waals surface area contributed by atoms with Gasteiger partial charge in [-0.15, -0.1) is 6.42 Å². The molecular formula is C18H21N3O7S. The first kappa shape index (κ1) is 22.3. The first-order valence-electron chi connectivity index (χ1n) is 8.51. The second-order valence-electron chi connectivity index (χ2n) is 7.52. The number of amides is 1. The molecule has 0 bridgehead atoms. The van der Waals surface area contributed by atoms with E-state index in [0.717, 1.165) is 12.1 Å². The topological polar surface area (TPSA) is 136 Å². The average molecular weight is 423 g/mol. The van der Waals surface area contributed by atoms with Crippen LogP contribution in [0.15, 0.2) is 29.2 Å². The summed E-state index contributed by atoms with van der Waals surface area (Å²) in [4.78, 5) is 34.1. The first-order chi connectivity index (χ1) is 13.3. The minimum Gasteiger partial charge on any atom is -0.459 e. The zero-order valence-electron chi connectivity index (χ0n) is 16.3. The number of hydrogen-bond donors (Lipinski definition) is 1. The Kier molecular flexibility index (Phi) is 5.74. The van der Waals surface area contributed by atoms with E-state index in [1.54, 1.807) is 20.8 Å². The molecule has 156 valence electrons. The van der Waals surface area contributed by atoms with Crippen LogP contribution in [0.3, 0.4) is 0 Å². The van der Waals surface area contributed by atoms with Crippen molar-refractivity contribution in [2.24, 2.45) is 0 Å². The first-order valence-corrected chi connectivity index (χ1v) is 9.95. The molecule has 29 heavy (non-hydrogen) atoms. The van der Waals surface area contributed by atoms with E-state index in [4.69, 9.17) is 11.2 Å². The lowest BCUT2D eigenvalue weighted by atomic mass is 10.1. The summed E-state index contributed by atoms with van der Waals surface area (Å²) in [5, 5.41) is 13.5. The van der Waals surface area contributed by atoms with Crippen LogP contribution in [0.25, 0.3) is 0 Å². The molecule has 10 nitrogen and oxygen atoms in total. The van der Waals surface area contributed by atoms with Gasteiger partial charge in [0.2, 0.25) is 5.91 Å². The number of ether oxygens (including phenoxy) is 1. The predicted molar refractivity (Wildman–Crippen MR) is 102 cm³/mol. The molecule has 1 aromatic rings. The third kappa shape index (κ3) is 4.38. The van der Waals surface area contributed by atoms with Crippen molar-refractivity contribution in [3.8, 4) is 12.3 Å². The summed E-state index contributed by atoms with van der Waals surface area (Å²) >= 11 is 0. The summed E-state index contributed by atoms with van der Waals surface area (Å²) in [6, 6.07) is 3.44. The molecule has 1 aliphatic heterocycles. The Bertz CT molecular complexity index is 1010. The van der Waals surface area contributed by atoms with Crippen molar-refractivity contribution in [3.63, 3.8) is 0 Å². The lowest BCUT2D eigenvalue weighted by Gasteiger charge is -2.19. The maximum atomic E-state index is 13.0. The third-order valence-electron chi connectivity index (χ3n) is 4.12. The number of carbonyl (C=O) groups is 2. The Morgan fingerprint density at radius 2 is 1.97 bits per heavy atom. The van der Waals surface area contributed by atoms with E-state index in [2.05, 4.69) is 11.2 Å². The molecule has 1 aliphatic rings. The molecule has 0 saturated carbocycles. The number of nitro groups is 1. The van der Waals surface area contributed by atoms with Crippen molar-refractivity contribution < 1.29 is 27.7 Å². The Balaban J connectivity index is 2.26. The van der Waals surface area contributed by atoms with Crippen LogP contribution in [0.4, 0.5) is 5.69 Å². The second-order valence-corrected chi connectivity index (χ2v) is 9.31. The van der Waals surface area contributed by atoms with E-state index in [1.807, 2.05) is 0 Å². The molecule has 1 N–H and O–H groups in total. The number of para-hydroxylation sites is 1. The van der Waals surface area contributed by atoms with E-state index in [-0.39, 0.29) is 0 Å². The minimum atomic E-state index is -4.45. The summed E-state index contributed by atoms with van der Waals surface area (Å²) in [6.45, 7) is 5.84. The standard InChI is InChI=1S/C18H21N3O7S/c1-6-18(5)15(16(23)19-11-14(22)28-17(2,3)4)20(18)29(26,27)13-10-8-7-9-12(13)21(24)25/h1,7-10,15H,11H2,2-5H3,(H,19,23)/t15-,18-,20?/m0/s1. The SMILES string of the molecule is C#C[C@@]1(C)[C@H](C(=O)NCC(=O)OC(C)(C)C)N1S(=O)(=O)c1ccccc1[N+](=O)[O-]. The zero-order chi connectivity index (χ0) is 22.2. The fourth-order valence-corrected chi connectivity index (χ4v) is 4.87. The van der Waals surface area contributed by atoms with Gasteiger partial charge in [-0.25, -0.2) is 8.42 Å². The molecule has 0 aromatic heterocycles. The zero-order valence-corrected chi connectivity index (χ0v) is 17.1. The fraction of sp³-hybridized carbons (Fsp3) is 0.444. The largest absolute Gasteiger partial charge is 0.459 e. The second kappa shape index (κ2) is 7.46. The Labute approximate surface area is 168 Å². The van der Waals surface area contributed by atoms with Gasteiger partial charge in [0.25, 0.3) is 15.7 Å². The highest BCUT2D eigenvalue weighted by Crippen LogP contribution is 2.46. The van der Waals surface area contributed by atoms with Gasteiger partial charge >= 0.3 is 5.97 Å². The molecule has 2 rings (SSSR count). The van der Waals surface area contributed by atoms with E-state index in [9.17, 15) is 28.1 Å². The number of carbonyl (C=O) groups excluding carboxylic acids is 2. The van der Waals surface area contributed by atoms with Crippen LogP contribution in [0.1, 0.15) is 27.7 Å². The molecule has 1 amide bonds. The molecule has 1 aromatic carbocycles. The van der Waals surface area contributed by atoms with Crippen molar-refractivity contribution in [2.75, 3.05) is 6.54 Å². The van der Waals surface area contributed by atoms with E-state index in [1.165, 1.54) is 19.1 Å². The van der Waals surface area contributed by atoms with Crippen molar-refractivity contribution in [1.29, 1.82) is 0 Å². The number of nitrogens with zero attached hydrogens (tertiary/aromatic N) is 2. The van der Waals surface area contributed by atoms with Crippen LogP contribution in [0, 0.1) is 22.5 Å². The van der Waals surface area contributed by atoms with Crippen molar-refractivity contribution in [3.05, 3.63) is 34.4 Å².